The van der Waals surface area contributed by atoms with Crippen LogP contribution in [0.1, 0.15) is 36.5 Å². The molecule has 0 radical (unpaired) electrons. The highest BCUT2D eigenvalue weighted by atomic mass is 19.1. The topological polar surface area (TPSA) is 35.2 Å². The summed E-state index contributed by atoms with van der Waals surface area (Å²) in [6, 6.07) is 12.8. The van der Waals surface area contributed by atoms with E-state index < -0.39 is 5.54 Å². The lowest BCUT2D eigenvalue weighted by Crippen LogP contribution is -2.36. The van der Waals surface area contributed by atoms with Crippen LogP contribution in [0.4, 0.5) is 4.39 Å². The van der Waals surface area contributed by atoms with Gasteiger partial charge < -0.3 is 10.5 Å². The normalized spacial score (nSPS) is 20.3. The van der Waals surface area contributed by atoms with Crippen molar-refractivity contribution in [1.82, 2.24) is 0 Å². The van der Waals surface area contributed by atoms with Crippen LogP contribution in [0.15, 0.2) is 42.5 Å². The summed E-state index contributed by atoms with van der Waals surface area (Å²) in [4.78, 5) is 0. The van der Waals surface area contributed by atoms with Gasteiger partial charge in [-0.05, 0) is 48.6 Å². The van der Waals surface area contributed by atoms with Gasteiger partial charge in [0, 0.05) is 5.56 Å². The minimum absolute atomic E-state index is 0.200. The van der Waals surface area contributed by atoms with Crippen LogP contribution in [0, 0.1) is 5.82 Å². The second-order valence-corrected chi connectivity index (χ2v) is 5.62. The molecule has 3 rings (SSSR count). The van der Waals surface area contributed by atoms with Gasteiger partial charge in [-0.15, -0.1) is 0 Å². The molecule has 2 N–H and O–H groups in total. The Bertz CT molecular complexity index is 655. The van der Waals surface area contributed by atoms with Gasteiger partial charge in [-0.2, -0.15) is 0 Å². The molecule has 2 aromatic carbocycles. The molecule has 1 atom stereocenters. The zero-order valence-corrected chi connectivity index (χ0v) is 12.2. The van der Waals surface area contributed by atoms with Crippen molar-refractivity contribution in [1.29, 1.82) is 0 Å². The van der Waals surface area contributed by atoms with Crippen molar-refractivity contribution in [3.63, 3.8) is 0 Å². The lowest BCUT2D eigenvalue weighted by molar-refractivity contribution is 0.307. The molecule has 0 bridgehead atoms. The van der Waals surface area contributed by atoms with E-state index >= 15 is 0 Å². The SMILES string of the molecule is CCCOc1ccccc1C1(N)CCc2cc(F)ccc21. The Labute approximate surface area is 124 Å². The zero-order valence-electron chi connectivity index (χ0n) is 12.2. The highest BCUT2D eigenvalue weighted by Gasteiger charge is 2.38. The third-order valence-electron chi connectivity index (χ3n) is 4.17. The van der Waals surface area contributed by atoms with E-state index in [0.29, 0.717) is 6.61 Å². The summed E-state index contributed by atoms with van der Waals surface area (Å²) >= 11 is 0. The number of benzene rings is 2. The summed E-state index contributed by atoms with van der Waals surface area (Å²) in [7, 11) is 0. The molecule has 0 spiro atoms. The van der Waals surface area contributed by atoms with Crippen LogP contribution in [-0.4, -0.2) is 6.61 Å². The van der Waals surface area contributed by atoms with Crippen molar-refractivity contribution in [2.45, 2.75) is 31.7 Å². The smallest absolute Gasteiger partial charge is 0.124 e. The summed E-state index contributed by atoms with van der Waals surface area (Å²) in [6.45, 7) is 2.75. The molecule has 110 valence electrons. The van der Waals surface area contributed by atoms with Gasteiger partial charge in [0.1, 0.15) is 11.6 Å². The van der Waals surface area contributed by atoms with Crippen LogP contribution in [0.2, 0.25) is 0 Å². The maximum Gasteiger partial charge on any atom is 0.124 e. The quantitative estimate of drug-likeness (QED) is 0.928. The van der Waals surface area contributed by atoms with Crippen molar-refractivity contribution >= 4 is 0 Å². The fourth-order valence-corrected chi connectivity index (χ4v) is 3.12. The molecule has 21 heavy (non-hydrogen) atoms. The maximum absolute atomic E-state index is 13.4. The van der Waals surface area contributed by atoms with Crippen LogP contribution < -0.4 is 10.5 Å². The first kappa shape index (κ1) is 14.1. The molecule has 0 aromatic heterocycles. The van der Waals surface area contributed by atoms with E-state index in [1.54, 1.807) is 6.07 Å². The number of ether oxygens (including phenoxy) is 1. The lowest BCUT2D eigenvalue weighted by Gasteiger charge is -2.28. The Morgan fingerprint density at radius 1 is 1.19 bits per heavy atom. The minimum Gasteiger partial charge on any atom is -0.493 e. The standard InChI is InChI=1S/C18H20FNO/c1-2-11-21-17-6-4-3-5-16(17)18(20)10-9-13-12-14(19)7-8-15(13)18/h3-8,12H,2,9-11,20H2,1H3. The zero-order chi connectivity index (χ0) is 14.9. The molecule has 1 aliphatic carbocycles. The van der Waals surface area contributed by atoms with Gasteiger partial charge in [0.25, 0.3) is 0 Å². The Morgan fingerprint density at radius 2 is 2.00 bits per heavy atom. The van der Waals surface area contributed by atoms with Crippen molar-refractivity contribution in [3.05, 3.63) is 65.0 Å². The average molecular weight is 285 g/mol. The molecule has 3 heteroatoms. The molecule has 2 aromatic rings. The van der Waals surface area contributed by atoms with Crippen LogP contribution in [0.25, 0.3) is 0 Å². The van der Waals surface area contributed by atoms with Crippen LogP contribution in [-0.2, 0) is 12.0 Å². The summed E-state index contributed by atoms with van der Waals surface area (Å²) in [5.74, 6) is 0.632. The number of halogens is 1. The molecule has 2 nitrogen and oxygen atoms in total. The molecule has 0 fully saturated rings. The summed E-state index contributed by atoms with van der Waals surface area (Å²) in [5, 5.41) is 0. The number of nitrogens with two attached hydrogens (primary N) is 1. The Balaban J connectivity index is 2.05. The van der Waals surface area contributed by atoms with Crippen LogP contribution >= 0.6 is 0 Å². The first-order valence-corrected chi connectivity index (χ1v) is 7.45. The number of fused-ring (bicyclic) bond motifs is 1. The monoisotopic (exact) mass is 285 g/mol. The lowest BCUT2D eigenvalue weighted by atomic mass is 9.84. The van der Waals surface area contributed by atoms with Gasteiger partial charge in [0.05, 0.1) is 12.1 Å². The third kappa shape index (κ3) is 2.42. The second kappa shape index (κ2) is 5.49. The Kier molecular flexibility index (Phi) is 3.68. The minimum atomic E-state index is -0.590. The summed E-state index contributed by atoms with van der Waals surface area (Å²) in [5.41, 5.74) is 9.13. The molecule has 0 saturated carbocycles. The van der Waals surface area contributed by atoms with Gasteiger partial charge in [-0.25, -0.2) is 4.39 Å². The molecule has 0 saturated heterocycles. The van der Waals surface area contributed by atoms with Gasteiger partial charge in [0.2, 0.25) is 0 Å². The van der Waals surface area contributed by atoms with E-state index in [9.17, 15) is 4.39 Å². The van der Waals surface area contributed by atoms with Crippen LogP contribution in [0.3, 0.4) is 0 Å². The van der Waals surface area contributed by atoms with Crippen LogP contribution in [0.5, 0.6) is 5.75 Å². The fourth-order valence-electron chi connectivity index (χ4n) is 3.12. The van der Waals surface area contributed by atoms with E-state index in [0.717, 1.165) is 41.7 Å². The predicted molar refractivity (Wildman–Crippen MR) is 81.9 cm³/mol. The van der Waals surface area contributed by atoms with E-state index in [-0.39, 0.29) is 5.82 Å². The average Bonchev–Trinajstić information content (AvgIpc) is 2.83. The maximum atomic E-state index is 13.4. The van der Waals surface area contributed by atoms with Crippen molar-refractivity contribution in [3.8, 4) is 5.75 Å². The highest BCUT2D eigenvalue weighted by Crippen LogP contribution is 2.43. The summed E-state index contributed by atoms with van der Waals surface area (Å²) in [6.07, 6.45) is 2.53. The number of para-hydroxylation sites is 1. The first-order chi connectivity index (χ1) is 10.1. The molecule has 1 aliphatic rings. The van der Waals surface area contributed by atoms with Gasteiger partial charge in [-0.3, -0.25) is 0 Å². The number of hydrogen-bond acceptors (Lipinski definition) is 2. The largest absolute Gasteiger partial charge is 0.493 e. The Hall–Kier alpha value is -1.87. The Morgan fingerprint density at radius 3 is 2.81 bits per heavy atom. The first-order valence-electron chi connectivity index (χ1n) is 7.45. The van der Waals surface area contributed by atoms with Gasteiger partial charge in [0.15, 0.2) is 0 Å². The number of aryl methyl sites for hydroxylation is 1. The van der Waals surface area contributed by atoms with Gasteiger partial charge >= 0.3 is 0 Å². The van der Waals surface area contributed by atoms with E-state index in [1.165, 1.54) is 6.07 Å². The third-order valence-corrected chi connectivity index (χ3v) is 4.17. The predicted octanol–water partition coefficient (Wildman–Crippen LogP) is 3.76. The highest BCUT2D eigenvalue weighted by molar-refractivity contribution is 5.51. The molecular weight excluding hydrogens is 265 g/mol. The molecule has 0 heterocycles. The molecular formula is C18H20FNO. The van der Waals surface area contributed by atoms with E-state index in [1.807, 2.05) is 30.3 Å². The van der Waals surface area contributed by atoms with Gasteiger partial charge in [-0.1, -0.05) is 31.2 Å². The van der Waals surface area contributed by atoms with Crippen molar-refractivity contribution in [2.24, 2.45) is 5.73 Å². The number of hydrogen-bond donors (Lipinski definition) is 1. The number of rotatable bonds is 4. The van der Waals surface area contributed by atoms with E-state index in [2.05, 4.69) is 6.92 Å². The molecule has 1 unspecified atom stereocenters. The molecule has 0 amide bonds. The summed E-state index contributed by atoms with van der Waals surface area (Å²) < 4.78 is 19.2. The van der Waals surface area contributed by atoms with E-state index in [4.69, 9.17) is 10.5 Å². The van der Waals surface area contributed by atoms with Crippen molar-refractivity contribution in [2.75, 3.05) is 6.61 Å². The fraction of sp³-hybridized carbons (Fsp3) is 0.333. The second-order valence-electron chi connectivity index (χ2n) is 5.62. The molecule has 0 aliphatic heterocycles. The van der Waals surface area contributed by atoms with Crippen molar-refractivity contribution < 1.29 is 9.13 Å².